The maximum atomic E-state index is 12.9. The van der Waals surface area contributed by atoms with Gasteiger partial charge < -0.3 is 4.98 Å². The van der Waals surface area contributed by atoms with Crippen molar-refractivity contribution in [3.8, 4) is 11.3 Å². The van der Waals surface area contributed by atoms with Gasteiger partial charge in [-0.3, -0.25) is 15.4 Å². The summed E-state index contributed by atoms with van der Waals surface area (Å²) in [5.74, 6) is -0.505. The van der Waals surface area contributed by atoms with Gasteiger partial charge in [0.25, 0.3) is 0 Å². The second kappa shape index (κ2) is 8.04. The largest absolute Gasteiger partial charge is 0.348 e. The predicted molar refractivity (Wildman–Crippen MR) is 140 cm³/mol. The van der Waals surface area contributed by atoms with Gasteiger partial charge in [-0.05, 0) is 35.7 Å². The number of aryl methyl sites for hydroxylation is 1. The molecule has 0 radical (unpaired) electrons. The lowest BCUT2D eigenvalue weighted by molar-refractivity contribution is -0.527. The van der Waals surface area contributed by atoms with E-state index < -0.39 is 23.5 Å². The summed E-state index contributed by atoms with van der Waals surface area (Å²) in [7, 11) is 0. The SMILES string of the molecule is Cc1ccccc1C1C([N+](=O)[O-])C(Cc2cnc[nH]2)NC12c1ccccc1-c1nc3ccccc3nc12. The first-order chi connectivity index (χ1) is 18.1. The van der Waals surface area contributed by atoms with Gasteiger partial charge in [-0.2, -0.15) is 0 Å². The van der Waals surface area contributed by atoms with E-state index in [9.17, 15) is 10.1 Å². The molecule has 7 rings (SSSR count). The van der Waals surface area contributed by atoms with Crippen molar-refractivity contribution in [3.05, 3.63) is 124 Å². The van der Waals surface area contributed by atoms with E-state index in [0.29, 0.717) is 6.42 Å². The molecule has 8 heteroatoms. The zero-order valence-electron chi connectivity index (χ0n) is 20.1. The summed E-state index contributed by atoms with van der Waals surface area (Å²) < 4.78 is 0. The Labute approximate surface area is 213 Å². The lowest BCUT2D eigenvalue weighted by Gasteiger charge is -2.33. The van der Waals surface area contributed by atoms with Crippen LogP contribution in [0.5, 0.6) is 0 Å². The number of H-pyrrole nitrogens is 1. The first-order valence-electron chi connectivity index (χ1n) is 12.4. The van der Waals surface area contributed by atoms with Crippen molar-refractivity contribution in [2.75, 3.05) is 0 Å². The molecule has 0 amide bonds. The van der Waals surface area contributed by atoms with Crippen LogP contribution in [-0.2, 0) is 12.0 Å². The van der Waals surface area contributed by atoms with Crippen LogP contribution in [0.2, 0.25) is 0 Å². The number of para-hydroxylation sites is 2. The monoisotopic (exact) mass is 488 g/mol. The van der Waals surface area contributed by atoms with Crippen molar-refractivity contribution in [2.45, 2.75) is 36.9 Å². The summed E-state index contributed by atoms with van der Waals surface area (Å²) in [6.07, 6.45) is 3.78. The minimum absolute atomic E-state index is 0.116. The molecule has 2 aliphatic rings. The minimum atomic E-state index is -0.919. The van der Waals surface area contributed by atoms with E-state index in [2.05, 4.69) is 21.4 Å². The minimum Gasteiger partial charge on any atom is -0.348 e. The molecule has 4 unspecified atom stereocenters. The Morgan fingerprint density at radius 1 is 0.973 bits per heavy atom. The Bertz CT molecular complexity index is 1670. The molecule has 5 aromatic rings. The van der Waals surface area contributed by atoms with Crippen LogP contribution in [-0.4, -0.2) is 36.9 Å². The molecule has 2 N–H and O–H groups in total. The van der Waals surface area contributed by atoms with Gasteiger partial charge >= 0.3 is 0 Å². The number of aromatic amines is 1. The molecule has 4 atom stereocenters. The molecule has 3 heterocycles. The van der Waals surface area contributed by atoms with Crippen molar-refractivity contribution >= 4 is 11.0 Å². The Morgan fingerprint density at radius 3 is 2.46 bits per heavy atom. The third-order valence-corrected chi connectivity index (χ3v) is 7.95. The van der Waals surface area contributed by atoms with Crippen LogP contribution < -0.4 is 5.32 Å². The predicted octanol–water partition coefficient (Wildman–Crippen LogP) is 4.53. The maximum absolute atomic E-state index is 12.9. The van der Waals surface area contributed by atoms with Gasteiger partial charge in [-0.25, -0.2) is 15.0 Å². The molecular weight excluding hydrogens is 464 g/mol. The second-order valence-electron chi connectivity index (χ2n) is 9.91. The van der Waals surface area contributed by atoms with Crippen molar-refractivity contribution in [3.63, 3.8) is 0 Å². The van der Waals surface area contributed by atoms with E-state index in [1.807, 2.05) is 73.7 Å². The van der Waals surface area contributed by atoms with Crippen LogP contribution in [0.1, 0.15) is 34.0 Å². The number of nitro groups is 1. The molecule has 1 aliphatic heterocycles. The molecule has 2 aromatic heterocycles. The van der Waals surface area contributed by atoms with E-state index in [0.717, 1.165) is 50.4 Å². The number of hydrogen-bond acceptors (Lipinski definition) is 6. The van der Waals surface area contributed by atoms with Gasteiger partial charge in [0.1, 0.15) is 5.54 Å². The molecule has 3 aromatic carbocycles. The molecule has 1 fully saturated rings. The number of aromatic nitrogens is 4. The van der Waals surface area contributed by atoms with E-state index in [4.69, 9.17) is 9.97 Å². The summed E-state index contributed by atoms with van der Waals surface area (Å²) in [4.78, 5) is 30.3. The van der Waals surface area contributed by atoms with Gasteiger partial charge in [0.2, 0.25) is 6.04 Å². The fourth-order valence-electron chi connectivity index (χ4n) is 6.47. The molecule has 37 heavy (non-hydrogen) atoms. The summed E-state index contributed by atoms with van der Waals surface area (Å²) >= 11 is 0. The van der Waals surface area contributed by atoms with Gasteiger partial charge in [-0.15, -0.1) is 0 Å². The number of rotatable bonds is 4. The zero-order valence-corrected chi connectivity index (χ0v) is 20.1. The average Bonchev–Trinajstić information content (AvgIpc) is 3.61. The fraction of sp³-hybridized carbons (Fsp3) is 0.207. The highest BCUT2D eigenvalue weighted by Crippen LogP contribution is 2.58. The number of benzene rings is 3. The van der Waals surface area contributed by atoms with Gasteiger partial charge in [0.05, 0.1) is 40.7 Å². The van der Waals surface area contributed by atoms with Crippen LogP contribution in [0.4, 0.5) is 0 Å². The lowest BCUT2D eigenvalue weighted by atomic mass is 9.72. The highest BCUT2D eigenvalue weighted by molar-refractivity contribution is 5.84. The zero-order chi connectivity index (χ0) is 25.1. The lowest BCUT2D eigenvalue weighted by Crippen LogP contribution is -2.44. The maximum Gasteiger partial charge on any atom is 0.237 e. The van der Waals surface area contributed by atoms with E-state index in [1.165, 1.54) is 0 Å². The highest BCUT2D eigenvalue weighted by atomic mass is 16.6. The summed E-state index contributed by atoms with van der Waals surface area (Å²) in [6.45, 7) is 2.02. The second-order valence-corrected chi connectivity index (χ2v) is 9.91. The normalized spacial score (nSPS) is 23.9. The quantitative estimate of drug-likeness (QED) is 0.284. The van der Waals surface area contributed by atoms with Gasteiger partial charge in [0.15, 0.2) is 0 Å². The molecule has 8 nitrogen and oxygen atoms in total. The van der Waals surface area contributed by atoms with Crippen molar-refractivity contribution < 1.29 is 4.92 Å². The van der Waals surface area contributed by atoms with E-state index in [1.54, 1.807) is 12.5 Å². The van der Waals surface area contributed by atoms with Crippen LogP contribution in [0, 0.1) is 17.0 Å². The van der Waals surface area contributed by atoms with Crippen LogP contribution in [0.25, 0.3) is 22.3 Å². The van der Waals surface area contributed by atoms with Crippen LogP contribution in [0.15, 0.2) is 85.3 Å². The molecular formula is C29H24N6O2. The van der Waals surface area contributed by atoms with Crippen molar-refractivity contribution in [2.24, 2.45) is 0 Å². The highest BCUT2D eigenvalue weighted by Gasteiger charge is 2.65. The molecule has 182 valence electrons. The third kappa shape index (κ3) is 3.09. The Kier molecular flexibility index (Phi) is 4.74. The standard InChI is InChI=1S/C29H24N6O2/c1-17-8-2-3-9-19(17)25-27(35(36)37)24(14-18-15-30-16-31-18)34-29(25)21-11-5-4-10-20(21)26-28(29)33-23-13-7-6-12-22(23)32-26/h2-13,15-16,24-25,27,34H,14H2,1H3,(H,30,31). The van der Waals surface area contributed by atoms with Crippen molar-refractivity contribution in [1.29, 1.82) is 0 Å². The topological polar surface area (TPSA) is 110 Å². The van der Waals surface area contributed by atoms with Crippen LogP contribution in [0.3, 0.4) is 0 Å². The van der Waals surface area contributed by atoms with E-state index in [-0.39, 0.29) is 4.92 Å². The summed E-state index contributed by atoms with van der Waals surface area (Å²) in [6, 6.07) is 22.5. The van der Waals surface area contributed by atoms with Crippen molar-refractivity contribution in [1.82, 2.24) is 25.3 Å². The first-order valence-corrected chi connectivity index (χ1v) is 12.4. The Morgan fingerprint density at radius 2 is 1.70 bits per heavy atom. The van der Waals surface area contributed by atoms with E-state index >= 15 is 0 Å². The summed E-state index contributed by atoms with van der Waals surface area (Å²) in [5.41, 5.74) is 6.94. The Balaban J connectivity index is 1.55. The van der Waals surface area contributed by atoms with Gasteiger partial charge in [0, 0.05) is 28.8 Å². The first kappa shape index (κ1) is 21.8. The molecule has 0 saturated carbocycles. The fourth-order valence-corrected chi connectivity index (χ4v) is 6.47. The number of imidazole rings is 1. The molecule has 1 saturated heterocycles. The summed E-state index contributed by atoms with van der Waals surface area (Å²) in [5, 5.41) is 16.7. The number of hydrogen-bond donors (Lipinski definition) is 2. The number of nitrogens with zero attached hydrogens (tertiary/aromatic N) is 4. The number of fused-ring (bicyclic) bond motifs is 6. The number of nitrogens with one attached hydrogen (secondary N) is 2. The third-order valence-electron chi connectivity index (χ3n) is 7.95. The van der Waals surface area contributed by atoms with Crippen LogP contribution >= 0.6 is 0 Å². The molecule has 1 aliphatic carbocycles. The smallest absolute Gasteiger partial charge is 0.237 e. The van der Waals surface area contributed by atoms with Gasteiger partial charge in [-0.1, -0.05) is 60.7 Å². The molecule has 0 bridgehead atoms. The average molecular weight is 489 g/mol. The Hall–Kier alpha value is -4.43. The molecule has 1 spiro atoms.